The molecule has 4 fully saturated rings. The lowest BCUT2D eigenvalue weighted by Gasteiger charge is -2.33. The first-order valence-electron chi connectivity index (χ1n) is 24.0. The number of hydrogen-bond donors (Lipinski definition) is 6. The Morgan fingerprint density at radius 3 is 2.45 bits per heavy atom. The van der Waals surface area contributed by atoms with E-state index in [4.69, 9.17) is 9.72 Å². The maximum Gasteiger partial charge on any atom is 0.264 e. The highest BCUT2D eigenvalue weighted by Gasteiger charge is 2.45. The van der Waals surface area contributed by atoms with Crippen molar-refractivity contribution in [1.82, 2.24) is 40.3 Å². The Morgan fingerprint density at radius 1 is 0.896 bits per heavy atom. The van der Waals surface area contributed by atoms with Crippen LogP contribution in [0.4, 0.5) is 29.0 Å². The van der Waals surface area contributed by atoms with Crippen molar-refractivity contribution < 1.29 is 28.7 Å². The third kappa shape index (κ3) is 11.3. The predicted molar refractivity (Wildman–Crippen MR) is 255 cm³/mol. The number of pyridine rings is 1. The van der Waals surface area contributed by atoms with Crippen LogP contribution >= 0.6 is 0 Å². The van der Waals surface area contributed by atoms with E-state index in [0.717, 1.165) is 94.7 Å². The molecule has 358 valence electrons. The van der Waals surface area contributed by atoms with Gasteiger partial charge in [-0.3, -0.25) is 39.6 Å². The number of carbonyl (C=O) groups is 5. The van der Waals surface area contributed by atoms with Crippen molar-refractivity contribution >= 4 is 64.3 Å². The first kappa shape index (κ1) is 47.3. The first-order valence-corrected chi connectivity index (χ1v) is 24.0. The highest BCUT2D eigenvalue weighted by atomic mass is 16.5. The summed E-state index contributed by atoms with van der Waals surface area (Å²) in [6, 6.07) is 8.12. The molecule has 19 nitrogen and oxygen atoms in total. The summed E-state index contributed by atoms with van der Waals surface area (Å²) in [7, 11) is 1.76. The van der Waals surface area contributed by atoms with Gasteiger partial charge in [0.25, 0.3) is 11.8 Å². The fourth-order valence-electron chi connectivity index (χ4n) is 9.80. The average Bonchev–Trinajstić information content (AvgIpc) is 3.92. The van der Waals surface area contributed by atoms with E-state index in [1.54, 1.807) is 37.7 Å². The molecule has 0 spiro atoms. The zero-order valence-corrected chi connectivity index (χ0v) is 38.9. The first-order chi connectivity index (χ1) is 32.4. The summed E-state index contributed by atoms with van der Waals surface area (Å²) in [6.45, 7) is 10.4. The van der Waals surface area contributed by atoms with Crippen molar-refractivity contribution in [3.8, 4) is 0 Å². The molecular weight excluding hydrogens is 855 g/mol. The van der Waals surface area contributed by atoms with Crippen LogP contribution in [-0.2, 0) is 19.1 Å². The highest BCUT2D eigenvalue weighted by Crippen LogP contribution is 2.33. The molecular formula is C48H65N13O6. The number of carbonyl (C=O) groups excluding carboxylic acids is 5. The van der Waals surface area contributed by atoms with Gasteiger partial charge in [-0.05, 0) is 90.0 Å². The number of imide groups is 2. The number of aromatic nitrogens is 3. The molecule has 2 unspecified atom stereocenters. The summed E-state index contributed by atoms with van der Waals surface area (Å²) in [5.74, 6) is 0.106. The van der Waals surface area contributed by atoms with Crippen LogP contribution in [0.5, 0.6) is 0 Å². The number of rotatable bonds is 18. The molecule has 19 heteroatoms. The lowest BCUT2D eigenvalue weighted by molar-refractivity contribution is -0.136. The number of anilines is 5. The minimum Gasteiger partial charge on any atom is -0.384 e. The Labute approximate surface area is 392 Å². The lowest BCUT2D eigenvalue weighted by atomic mass is 10.0. The Balaban J connectivity index is 0.732. The molecule has 5 aliphatic heterocycles. The summed E-state index contributed by atoms with van der Waals surface area (Å²) in [4.78, 5) is 85.7. The van der Waals surface area contributed by atoms with E-state index >= 15 is 0 Å². The van der Waals surface area contributed by atoms with Gasteiger partial charge in [0.05, 0.1) is 34.4 Å². The molecule has 7 heterocycles. The molecule has 8 rings (SSSR count). The number of piperidine rings is 3. The SMILES string of the molecule is COC1CCN(c2nccc(Nc3cc(NC(C)C)c(C(=N)N4CCC(C(=O)NC5CCN(CCCCCCNc6cccc7c6C(=O)N(C6CCC(=O)NC6=O)C7=O)CC5)C4)cn3)n2)CC1. The van der Waals surface area contributed by atoms with Crippen LogP contribution in [-0.4, -0.2) is 149 Å². The Bertz CT molecular complexity index is 2310. The maximum absolute atomic E-state index is 13.5. The molecule has 1 aromatic carbocycles. The number of ether oxygens (including phenoxy) is 1. The minimum atomic E-state index is -0.989. The third-order valence-electron chi connectivity index (χ3n) is 13.6. The lowest BCUT2D eigenvalue weighted by Crippen LogP contribution is -2.54. The van der Waals surface area contributed by atoms with Crippen molar-refractivity contribution in [2.75, 3.05) is 80.3 Å². The van der Waals surface area contributed by atoms with Crippen LogP contribution in [0.2, 0.25) is 0 Å². The molecule has 5 aliphatic rings. The number of benzene rings is 1. The summed E-state index contributed by atoms with van der Waals surface area (Å²) in [5, 5.41) is 24.9. The van der Waals surface area contributed by atoms with Gasteiger partial charge in [-0.1, -0.05) is 18.9 Å². The van der Waals surface area contributed by atoms with Gasteiger partial charge in [0.1, 0.15) is 23.5 Å². The summed E-state index contributed by atoms with van der Waals surface area (Å²) >= 11 is 0. The molecule has 3 aromatic rings. The second kappa shape index (κ2) is 21.6. The predicted octanol–water partition coefficient (Wildman–Crippen LogP) is 4.35. The van der Waals surface area contributed by atoms with Crippen LogP contribution < -0.4 is 31.5 Å². The number of amides is 5. The van der Waals surface area contributed by atoms with E-state index in [1.165, 1.54) is 0 Å². The summed E-state index contributed by atoms with van der Waals surface area (Å²) < 4.78 is 5.52. The van der Waals surface area contributed by atoms with Crippen molar-refractivity contribution in [1.29, 1.82) is 5.41 Å². The topological polar surface area (TPSA) is 230 Å². The van der Waals surface area contributed by atoms with Gasteiger partial charge >= 0.3 is 0 Å². The standard InChI is InChI=1S/C48H65N13O6/c1-30(2)53-37-27-40(55-39-13-20-51-48(56-39)59-25-17-33(67-3)18-26-59)52-28-35(37)43(49)60-24-14-31(29-60)44(63)54-32-15-22-58(23-16-32)21-7-5-4-6-19-50-36-10-8-9-34-42(36)47(66)61(46(34)65)38-11-12-41(62)57-45(38)64/h8-10,13,20,27-28,30-33,38,49-50H,4-7,11-12,14-19,21-26,29H2,1-3H3,(H,54,63)(H,57,62,64)(H2,51,52,53,55,56). The number of hydrogen-bond acceptors (Lipinski definition) is 15. The molecule has 0 radical (unpaired) electrons. The van der Waals surface area contributed by atoms with Crippen molar-refractivity contribution in [3.63, 3.8) is 0 Å². The smallest absolute Gasteiger partial charge is 0.264 e. The molecule has 6 N–H and O–H groups in total. The van der Waals surface area contributed by atoms with E-state index < -0.39 is 29.7 Å². The Morgan fingerprint density at radius 2 is 1.69 bits per heavy atom. The molecule has 0 aliphatic carbocycles. The normalized spacial score (nSPS) is 20.6. The second-order valence-electron chi connectivity index (χ2n) is 18.6. The van der Waals surface area contributed by atoms with Gasteiger partial charge in [-0.25, -0.2) is 9.97 Å². The quantitative estimate of drug-likeness (QED) is 0.0451. The summed E-state index contributed by atoms with van der Waals surface area (Å²) in [6.07, 6.45) is 12.3. The van der Waals surface area contributed by atoms with Crippen LogP contribution in [0.15, 0.2) is 42.7 Å². The van der Waals surface area contributed by atoms with Crippen molar-refractivity contribution in [3.05, 3.63) is 59.4 Å². The molecule has 2 aromatic heterocycles. The molecule has 5 amide bonds. The van der Waals surface area contributed by atoms with Crippen molar-refractivity contribution in [2.24, 2.45) is 5.92 Å². The third-order valence-corrected chi connectivity index (χ3v) is 13.6. The maximum atomic E-state index is 13.5. The molecule has 4 saturated heterocycles. The number of nitrogens with zero attached hydrogens (tertiary/aromatic N) is 7. The molecule has 2 atom stereocenters. The van der Waals surface area contributed by atoms with Crippen LogP contribution in [0.1, 0.15) is 111 Å². The molecule has 0 bridgehead atoms. The Kier molecular flexibility index (Phi) is 15.3. The number of unbranched alkanes of at least 4 members (excludes halogenated alkanes) is 3. The highest BCUT2D eigenvalue weighted by molar-refractivity contribution is 6.25. The van der Waals surface area contributed by atoms with Crippen LogP contribution in [0.25, 0.3) is 0 Å². The number of methoxy groups -OCH3 is 1. The number of nitrogens with one attached hydrogen (secondary N) is 6. The van der Waals surface area contributed by atoms with E-state index in [1.807, 2.05) is 17.0 Å². The van der Waals surface area contributed by atoms with E-state index in [0.29, 0.717) is 60.7 Å². The zero-order valence-electron chi connectivity index (χ0n) is 38.9. The minimum absolute atomic E-state index is 0.0657. The van der Waals surface area contributed by atoms with E-state index in [2.05, 4.69) is 60.2 Å². The van der Waals surface area contributed by atoms with Gasteiger partial charge in [-0.15, -0.1) is 0 Å². The summed E-state index contributed by atoms with van der Waals surface area (Å²) in [5.41, 5.74) is 2.60. The number of amidine groups is 1. The fourth-order valence-corrected chi connectivity index (χ4v) is 9.80. The number of fused-ring (bicyclic) bond motifs is 1. The zero-order chi connectivity index (χ0) is 47.0. The van der Waals surface area contributed by atoms with Gasteiger partial charge in [0.15, 0.2) is 0 Å². The van der Waals surface area contributed by atoms with Crippen LogP contribution in [0.3, 0.4) is 0 Å². The van der Waals surface area contributed by atoms with Gasteiger partial charge in [0, 0.05) is 95.6 Å². The van der Waals surface area contributed by atoms with Gasteiger partial charge in [0.2, 0.25) is 23.7 Å². The monoisotopic (exact) mass is 920 g/mol. The van der Waals surface area contributed by atoms with Gasteiger partial charge in [-0.2, -0.15) is 4.98 Å². The average molecular weight is 920 g/mol. The largest absolute Gasteiger partial charge is 0.384 e. The second-order valence-corrected chi connectivity index (χ2v) is 18.6. The fraction of sp³-hybridized carbons (Fsp3) is 0.562. The molecule has 67 heavy (non-hydrogen) atoms. The number of likely N-dealkylation sites (tertiary alicyclic amines) is 2. The van der Waals surface area contributed by atoms with E-state index in [-0.39, 0.29) is 54.0 Å². The Hall–Kier alpha value is -6.21. The molecule has 0 saturated carbocycles. The van der Waals surface area contributed by atoms with E-state index in [9.17, 15) is 29.4 Å². The van der Waals surface area contributed by atoms with Crippen molar-refractivity contribution in [2.45, 2.75) is 109 Å². The van der Waals surface area contributed by atoms with Gasteiger partial charge < -0.3 is 40.7 Å². The van der Waals surface area contributed by atoms with Crippen LogP contribution in [0, 0.1) is 11.3 Å².